The Balaban J connectivity index is 1.74. The Morgan fingerprint density at radius 3 is 3.11 bits per heavy atom. The molecular formula is C15H25NO2. The van der Waals surface area contributed by atoms with E-state index in [-0.39, 0.29) is 0 Å². The van der Waals surface area contributed by atoms with E-state index in [1.165, 1.54) is 12.8 Å². The molecule has 102 valence electrons. The van der Waals surface area contributed by atoms with Gasteiger partial charge in [-0.3, -0.25) is 0 Å². The molecule has 1 saturated heterocycles. The van der Waals surface area contributed by atoms with E-state index >= 15 is 0 Å². The largest absolute Gasteiger partial charge is 0.469 e. The number of nitrogens with one attached hydrogen (secondary N) is 1. The zero-order valence-corrected chi connectivity index (χ0v) is 11.5. The SMILES string of the molecule is CCCC1CC(NC(C)Cc2ccco2)CCO1. The van der Waals surface area contributed by atoms with Gasteiger partial charge in [-0.25, -0.2) is 0 Å². The maximum absolute atomic E-state index is 5.78. The minimum atomic E-state index is 0.456. The molecule has 3 atom stereocenters. The maximum Gasteiger partial charge on any atom is 0.105 e. The van der Waals surface area contributed by atoms with E-state index in [1.807, 2.05) is 12.1 Å². The van der Waals surface area contributed by atoms with E-state index < -0.39 is 0 Å². The lowest BCUT2D eigenvalue weighted by atomic mass is 9.99. The van der Waals surface area contributed by atoms with Gasteiger partial charge in [0.25, 0.3) is 0 Å². The molecule has 3 nitrogen and oxygen atoms in total. The summed E-state index contributed by atoms with van der Waals surface area (Å²) in [7, 11) is 0. The van der Waals surface area contributed by atoms with E-state index in [0.717, 1.165) is 31.6 Å². The fourth-order valence-corrected chi connectivity index (χ4v) is 2.75. The van der Waals surface area contributed by atoms with Crippen LogP contribution in [0.15, 0.2) is 22.8 Å². The average molecular weight is 251 g/mol. The molecule has 1 fully saturated rings. The molecule has 18 heavy (non-hydrogen) atoms. The highest BCUT2D eigenvalue weighted by Crippen LogP contribution is 2.18. The van der Waals surface area contributed by atoms with Crippen LogP contribution in [-0.4, -0.2) is 24.8 Å². The summed E-state index contributed by atoms with van der Waals surface area (Å²) in [5.41, 5.74) is 0. The molecule has 1 aliphatic heterocycles. The molecule has 0 amide bonds. The Bertz CT molecular complexity index is 321. The van der Waals surface area contributed by atoms with Gasteiger partial charge in [0.1, 0.15) is 5.76 Å². The Morgan fingerprint density at radius 2 is 2.39 bits per heavy atom. The first-order chi connectivity index (χ1) is 8.78. The van der Waals surface area contributed by atoms with Gasteiger partial charge in [0, 0.05) is 25.1 Å². The van der Waals surface area contributed by atoms with Gasteiger partial charge in [-0.2, -0.15) is 0 Å². The summed E-state index contributed by atoms with van der Waals surface area (Å²) in [5.74, 6) is 1.06. The normalized spacial score (nSPS) is 26.1. The van der Waals surface area contributed by atoms with Gasteiger partial charge in [-0.05, 0) is 38.3 Å². The summed E-state index contributed by atoms with van der Waals surface area (Å²) in [5, 5.41) is 3.71. The molecule has 0 aliphatic carbocycles. The second-order valence-electron chi connectivity index (χ2n) is 5.35. The topological polar surface area (TPSA) is 34.4 Å². The third-order valence-electron chi connectivity index (χ3n) is 3.59. The molecule has 0 radical (unpaired) electrons. The van der Waals surface area contributed by atoms with Gasteiger partial charge in [0.2, 0.25) is 0 Å². The maximum atomic E-state index is 5.78. The van der Waals surface area contributed by atoms with E-state index in [9.17, 15) is 0 Å². The third kappa shape index (κ3) is 4.14. The zero-order chi connectivity index (χ0) is 12.8. The lowest BCUT2D eigenvalue weighted by Gasteiger charge is -2.32. The van der Waals surface area contributed by atoms with Crippen LogP contribution in [0.4, 0.5) is 0 Å². The van der Waals surface area contributed by atoms with Crippen LogP contribution >= 0.6 is 0 Å². The zero-order valence-electron chi connectivity index (χ0n) is 11.5. The van der Waals surface area contributed by atoms with Crippen molar-refractivity contribution in [2.45, 2.75) is 64.1 Å². The van der Waals surface area contributed by atoms with Crippen molar-refractivity contribution < 1.29 is 9.15 Å². The first-order valence-corrected chi connectivity index (χ1v) is 7.18. The highest BCUT2D eigenvalue weighted by molar-refractivity contribution is 5.00. The van der Waals surface area contributed by atoms with Gasteiger partial charge in [0.05, 0.1) is 12.4 Å². The monoisotopic (exact) mass is 251 g/mol. The summed E-state index contributed by atoms with van der Waals surface area (Å²) >= 11 is 0. The van der Waals surface area contributed by atoms with Crippen molar-refractivity contribution in [3.8, 4) is 0 Å². The van der Waals surface area contributed by atoms with Gasteiger partial charge in [-0.1, -0.05) is 13.3 Å². The van der Waals surface area contributed by atoms with Crippen molar-refractivity contribution in [3.63, 3.8) is 0 Å². The Morgan fingerprint density at radius 1 is 1.50 bits per heavy atom. The van der Waals surface area contributed by atoms with Crippen LogP contribution in [0.2, 0.25) is 0 Å². The van der Waals surface area contributed by atoms with Crippen LogP contribution in [-0.2, 0) is 11.2 Å². The predicted molar refractivity (Wildman–Crippen MR) is 72.7 cm³/mol. The fraction of sp³-hybridized carbons (Fsp3) is 0.733. The van der Waals surface area contributed by atoms with Crippen LogP contribution in [0.3, 0.4) is 0 Å². The van der Waals surface area contributed by atoms with E-state index in [2.05, 4.69) is 19.2 Å². The quantitative estimate of drug-likeness (QED) is 0.843. The van der Waals surface area contributed by atoms with E-state index in [4.69, 9.17) is 9.15 Å². The smallest absolute Gasteiger partial charge is 0.105 e. The van der Waals surface area contributed by atoms with Crippen LogP contribution in [0.25, 0.3) is 0 Å². The van der Waals surface area contributed by atoms with Crippen LogP contribution < -0.4 is 5.32 Å². The molecular weight excluding hydrogens is 226 g/mol. The lowest BCUT2D eigenvalue weighted by Crippen LogP contribution is -2.43. The number of ether oxygens (including phenoxy) is 1. The standard InChI is InChI=1S/C15H25NO2/c1-3-5-14-11-13(7-9-18-14)16-12(2)10-15-6-4-8-17-15/h4,6,8,12-14,16H,3,5,7,9-11H2,1-2H3. The molecule has 0 spiro atoms. The molecule has 0 bridgehead atoms. The number of hydrogen-bond acceptors (Lipinski definition) is 3. The van der Waals surface area contributed by atoms with Crippen molar-refractivity contribution >= 4 is 0 Å². The summed E-state index contributed by atoms with van der Waals surface area (Å²) < 4.78 is 11.2. The fourth-order valence-electron chi connectivity index (χ4n) is 2.75. The average Bonchev–Trinajstić information content (AvgIpc) is 2.82. The van der Waals surface area contributed by atoms with Crippen molar-refractivity contribution in [1.29, 1.82) is 0 Å². The summed E-state index contributed by atoms with van der Waals surface area (Å²) in [6.45, 7) is 5.35. The first kappa shape index (κ1) is 13.6. The molecule has 2 rings (SSSR count). The molecule has 1 aromatic rings. The van der Waals surface area contributed by atoms with Crippen molar-refractivity contribution in [2.24, 2.45) is 0 Å². The highest BCUT2D eigenvalue weighted by atomic mass is 16.5. The molecule has 1 aromatic heterocycles. The van der Waals surface area contributed by atoms with Crippen molar-refractivity contribution in [3.05, 3.63) is 24.2 Å². The lowest BCUT2D eigenvalue weighted by molar-refractivity contribution is -0.00472. The molecule has 0 saturated carbocycles. The Hall–Kier alpha value is -0.800. The molecule has 0 aromatic carbocycles. The second kappa shape index (κ2) is 6.95. The minimum absolute atomic E-state index is 0.456. The Kier molecular flexibility index (Phi) is 5.26. The Labute approximate surface area is 110 Å². The van der Waals surface area contributed by atoms with Crippen LogP contribution in [0, 0.1) is 0 Å². The van der Waals surface area contributed by atoms with Crippen LogP contribution in [0.1, 0.15) is 45.3 Å². The molecule has 3 unspecified atom stereocenters. The van der Waals surface area contributed by atoms with Gasteiger partial charge in [0.15, 0.2) is 0 Å². The molecule has 3 heteroatoms. The van der Waals surface area contributed by atoms with Crippen LogP contribution in [0.5, 0.6) is 0 Å². The second-order valence-corrected chi connectivity index (χ2v) is 5.35. The molecule has 1 aliphatic rings. The predicted octanol–water partition coefficient (Wildman–Crippen LogP) is 3.15. The highest BCUT2D eigenvalue weighted by Gasteiger charge is 2.23. The first-order valence-electron chi connectivity index (χ1n) is 7.18. The molecule has 2 heterocycles. The van der Waals surface area contributed by atoms with Crippen molar-refractivity contribution in [2.75, 3.05) is 6.61 Å². The van der Waals surface area contributed by atoms with Crippen molar-refractivity contribution in [1.82, 2.24) is 5.32 Å². The summed E-state index contributed by atoms with van der Waals surface area (Å²) in [6, 6.07) is 5.05. The summed E-state index contributed by atoms with van der Waals surface area (Å²) in [4.78, 5) is 0. The van der Waals surface area contributed by atoms with E-state index in [1.54, 1.807) is 6.26 Å². The number of rotatable bonds is 6. The minimum Gasteiger partial charge on any atom is -0.469 e. The van der Waals surface area contributed by atoms with Gasteiger partial charge in [-0.15, -0.1) is 0 Å². The van der Waals surface area contributed by atoms with Gasteiger partial charge < -0.3 is 14.5 Å². The summed E-state index contributed by atoms with van der Waals surface area (Å²) in [6.07, 6.45) is 7.83. The number of furan rings is 1. The third-order valence-corrected chi connectivity index (χ3v) is 3.59. The van der Waals surface area contributed by atoms with Gasteiger partial charge >= 0.3 is 0 Å². The molecule has 1 N–H and O–H groups in total. The van der Waals surface area contributed by atoms with E-state index in [0.29, 0.717) is 18.2 Å². The number of hydrogen-bond donors (Lipinski definition) is 1.